The van der Waals surface area contributed by atoms with Gasteiger partial charge < -0.3 is 15.0 Å². The molecule has 7 heteroatoms. The average molecular weight is 289 g/mol. The zero-order chi connectivity index (χ0) is 15.6. The van der Waals surface area contributed by atoms with Crippen molar-refractivity contribution in [2.45, 2.75) is 20.4 Å². The summed E-state index contributed by atoms with van der Waals surface area (Å²) in [5.74, 6) is -0.559. The number of phenols is 1. The molecule has 21 heavy (non-hydrogen) atoms. The zero-order valence-corrected chi connectivity index (χ0v) is 11.7. The number of nitrogens with zero attached hydrogens (tertiary/aromatic N) is 2. The average Bonchev–Trinajstić information content (AvgIpc) is 2.86. The number of hydrogen-bond donors (Lipinski definition) is 2. The number of phenolic OH excluding ortho intramolecular Hbond substituents is 1. The molecule has 0 unspecified atom stereocenters. The zero-order valence-electron chi connectivity index (χ0n) is 11.7. The Balaban J connectivity index is 2.29. The molecular weight excluding hydrogens is 274 g/mol. The predicted octanol–water partition coefficient (Wildman–Crippen LogP) is 2.68. The molecule has 0 radical (unpaired) electrons. The van der Waals surface area contributed by atoms with Crippen LogP contribution in [0.25, 0.3) is 0 Å². The molecule has 1 heterocycles. The highest BCUT2D eigenvalue weighted by molar-refractivity contribution is 6.04. The number of benzene rings is 1. The smallest absolute Gasteiger partial charge is 0.287 e. The maximum Gasteiger partial charge on any atom is 0.287 e. The molecule has 2 aromatic rings. The van der Waals surface area contributed by atoms with E-state index in [1.165, 1.54) is 22.9 Å². The van der Waals surface area contributed by atoms with Crippen molar-refractivity contribution < 1.29 is 14.8 Å². The maximum absolute atomic E-state index is 12.2. The topological polar surface area (TPSA) is 97.4 Å². The second-order valence-corrected chi connectivity index (χ2v) is 4.60. The van der Waals surface area contributed by atoms with Gasteiger partial charge in [-0.25, -0.2) is 0 Å². The van der Waals surface area contributed by atoms with Gasteiger partial charge in [0.25, 0.3) is 11.6 Å². The molecule has 7 nitrogen and oxygen atoms in total. The number of carbonyl (C=O) groups excluding carboxylic acids is 1. The molecule has 0 aliphatic heterocycles. The monoisotopic (exact) mass is 289 g/mol. The van der Waals surface area contributed by atoms with E-state index in [0.717, 1.165) is 5.56 Å². The molecule has 0 bridgehead atoms. The molecule has 0 aliphatic rings. The van der Waals surface area contributed by atoms with Crippen LogP contribution < -0.4 is 5.32 Å². The maximum atomic E-state index is 12.2. The van der Waals surface area contributed by atoms with Crippen LogP contribution in [0.15, 0.2) is 30.5 Å². The molecule has 110 valence electrons. The third kappa shape index (κ3) is 3.02. The SMILES string of the molecule is CCn1cc([N+](=O)[O-])cc1C(=O)Nc1ccc(C)cc1O. The van der Waals surface area contributed by atoms with E-state index in [-0.39, 0.29) is 22.8 Å². The summed E-state index contributed by atoms with van der Waals surface area (Å²) in [4.78, 5) is 22.4. The number of aromatic hydroxyl groups is 1. The van der Waals surface area contributed by atoms with Crippen LogP contribution in [0.5, 0.6) is 5.75 Å². The Morgan fingerprint density at radius 1 is 1.43 bits per heavy atom. The van der Waals surface area contributed by atoms with Gasteiger partial charge in [0.05, 0.1) is 16.8 Å². The van der Waals surface area contributed by atoms with Gasteiger partial charge in [-0.2, -0.15) is 0 Å². The fourth-order valence-corrected chi connectivity index (χ4v) is 1.98. The number of nitro groups is 1. The largest absolute Gasteiger partial charge is 0.506 e. The van der Waals surface area contributed by atoms with Gasteiger partial charge in [-0.1, -0.05) is 6.07 Å². The number of hydrogen-bond acceptors (Lipinski definition) is 4. The van der Waals surface area contributed by atoms with Crippen molar-refractivity contribution in [3.8, 4) is 5.75 Å². The van der Waals surface area contributed by atoms with E-state index in [1.54, 1.807) is 19.1 Å². The van der Waals surface area contributed by atoms with Gasteiger partial charge >= 0.3 is 0 Å². The lowest BCUT2D eigenvalue weighted by Gasteiger charge is -2.09. The Bertz CT molecular complexity index is 706. The molecule has 0 fully saturated rings. The Kier molecular flexibility index (Phi) is 3.93. The molecule has 1 amide bonds. The number of aryl methyl sites for hydroxylation is 2. The molecule has 0 saturated heterocycles. The summed E-state index contributed by atoms with van der Waals surface area (Å²) in [5.41, 5.74) is 1.15. The van der Waals surface area contributed by atoms with Gasteiger partial charge in [-0.15, -0.1) is 0 Å². The summed E-state index contributed by atoms with van der Waals surface area (Å²) in [7, 11) is 0. The van der Waals surface area contributed by atoms with E-state index in [1.807, 2.05) is 6.92 Å². The van der Waals surface area contributed by atoms with Crippen LogP contribution in [-0.4, -0.2) is 20.5 Å². The molecule has 0 aliphatic carbocycles. The minimum atomic E-state index is -0.549. The first-order chi connectivity index (χ1) is 9.92. The summed E-state index contributed by atoms with van der Waals surface area (Å²) in [6.07, 6.45) is 1.31. The van der Waals surface area contributed by atoms with E-state index in [9.17, 15) is 20.0 Å². The highest BCUT2D eigenvalue weighted by Gasteiger charge is 2.19. The molecular formula is C14H15N3O4. The molecule has 0 atom stereocenters. The van der Waals surface area contributed by atoms with Crippen molar-refractivity contribution >= 4 is 17.3 Å². The molecule has 1 aromatic heterocycles. The first-order valence-corrected chi connectivity index (χ1v) is 6.38. The number of amides is 1. The Morgan fingerprint density at radius 2 is 2.14 bits per heavy atom. The van der Waals surface area contributed by atoms with E-state index in [0.29, 0.717) is 6.54 Å². The van der Waals surface area contributed by atoms with Gasteiger partial charge in [0.2, 0.25) is 0 Å². The van der Waals surface area contributed by atoms with Crippen LogP contribution in [0, 0.1) is 17.0 Å². The van der Waals surface area contributed by atoms with Crippen LogP contribution >= 0.6 is 0 Å². The molecule has 2 N–H and O–H groups in total. The Hall–Kier alpha value is -2.83. The van der Waals surface area contributed by atoms with E-state index < -0.39 is 10.8 Å². The number of anilines is 1. The standard InChI is InChI=1S/C14H15N3O4/c1-3-16-8-10(17(20)21)7-12(16)14(19)15-11-5-4-9(2)6-13(11)18/h4-8,18H,3H2,1-2H3,(H,15,19). The van der Waals surface area contributed by atoms with Crippen molar-refractivity contribution in [3.05, 3.63) is 51.8 Å². The first-order valence-electron chi connectivity index (χ1n) is 6.38. The molecule has 0 spiro atoms. The van der Waals surface area contributed by atoms with Crippen LogP contribution in [0.1, 0.15) is 23.0 Å². The minimum Gasteiger partial charge on any atom is -0.506 e. The van der Waals surface area contributed by atoms with Crippen LogP contribution in [0.3, 0.4) is 0 Å². The van der Waals surface area contributed by atoms with Gasteiger partial charge in [-0.3, -0.25) is 14.9 Å². The summed E-state index contributed by atoms with van der Waals surface area (Å²) >= 11 is 0. The van der Waals surface area contributed by atoms with E-state index >= 15 is 0 Å². The van der Waals surface area contributed by atoms with Crippen molar-refractivity contribution in [1.29, 1.82) is 0 Å². The van der Waals surface area contributed by atoms with Gasteiger partial charge in [0.15, 0.2) is 0 Å². The number of rotatable bonds is 4. The third-order valence-electron chi connectivity index (χ3n) is 3.07. The van der Waals surface area contributed by atoms with Gasteiger partial charge in [0.1, 0.15) is 11.4 Å². The fourth-order valence-electron chi connectivity index (χ4n) is 1.98. The third-order valence-corrected chi connectivity index (χ3v) is 3.07. The van der Waals surface area contributed by atoms with Crippen molar-refractivity contribution in [2.24, 2.45) is 0 Å². The Morgan fingerprint density at radius 3 is 2.71 bits per heavy atom. The van der Waals surface area contributed by atoms with Crippen molar-refractivity contribution in [3.63, 3.8) is 0 Å². The van der Waals surface area contributed by atoms with Crippen LogP contribution in [0.4, 0.5) is 11.4 Å². The van der Waals surface area contributed by atoms with E-state index in [2.05, 4.69) is 5.32 Å². The first kappa shape index (κ1) is 14.6. The van der Waals surface area contributed by atoms with Crippen LogP contribution in [0.2, 0.25) is 0 Å². The summed E-state index contributed by atoms with van der Waals surface area (Å²) < 4.78 is 1.48. The van der Waals surface area contributed by atoms with Gasteiger partial charge in [-0.05, 0) is 31.5 Å². The number of aromatic nitrogens is 1. The molecule has 1 aromatic carbocycles. The Labute approximate surface area is 121 Å². The van der Waals surface area contributed by atoms with E-state index in [4.69, 9.17) is 0 Å². The highest BCUT2D eigenvalue weighted by Crippen LogP contribution is 2.25. The minimum absolute atomic E-state index is 0.0487. The number of nitrogens with one attached hydrogen (secondary N) is 1. The summed E-state index contributed by atoms with van der Waals surface area (Å²) in [6, 6.07) is 6.06. The second-order valence-electron chi connectivity index (χ2n) is 4.60. The normalized spacial score (nSPS) is 10.4. The quantitative estimate of drug-likeness (QED) is 0.513. The number of carbonyl (C=O) groups is 1. The lowest BCUT2D eigenvalue weighted by molar-refractivity contribution is -0.384. The summed E-state index contributed by atoms with van der Waals surface area (Å²) in [6.45, 7) is 4.03. The predicted molar refractivity (Wildman–Crippen MR) is 77.6 cm³/mol. The van der Waals surface area contributed by atoms with Crippen molar-refractivity contribution in [2.75, 3.05) is 5.32 Å². The lowest BCUT2D eigenvalue weighted by Crippen LogP contribution is -2.16. The van der Waals surface area contributed by atoms with Crippen LogP contribution in [-0.2, 0) is 6.54 Å². The fraction of sp³-hybridized carbons (Fsp3) is 0.214. The highest BCUT2D eigenvalue weighted by atomic mass is 16.6. The van der Waals surface area contributed by atoms with Gasteiger partial charge in [0, 0.05) is 12.6 Å². The molecule has 0 saturated carbocycles. The van der Waals surface area contributed by atoms with Crippen molar-refractivity contribution in [1.82, 2.24) is 4.57 Å². The lowest BCUT2D eigenvalue weighted by atomic mass is 10.2. The second kappa shape index (κ2) is 5.66. The summed E-state index contributed by atoms with van der Waals surface area (Å²) in [5, 5.41) is 23.1. The molecule has 2 rings (SSSR count).